The van der Waals surface area contributed by atoms with Crippen LogP contribution in [0.15, 0.2) is 4.34 Å². The number of carboxylic acids is 1. The number of aromatic nitrogens is 1. The van der Waals surface area contributed by atoms with Crippen LogP contribution in [0.25, 0.3) is 0 Å². The van der Waals surface area contributed by atoms with Gasteiger partial charge in [0.25, 0.3) is 0 Å². The molecule has 106 valence electrons. The number of rotatable bonds is 6. The molecule has 19 heavy (non-hydrogen) atoms. The third-order valence-corrected chi connectivity index (χ3v) is 4.97. The van der Waals surface area contributed by atoms with Gasteiger partial charge in [0.05, 0.1) is 12.3 Å². The minimum atomic E-state index is -0.909. The highest BCUT2D eigenvalue weighted by Crippen LogP contribution is 2.27. The molecule has 5 nitrogen and oxygen atoms in total. The first-order valence-electron chi connectivity index (χ1n) is 6.23. The molecule has 1 fully saturated rings. The molecule has 1 saturated heterocycles. The molecule has 0 saturated carbocycles. The molecule has 1 aliphatic rings. The summed E-state index contributed by atoms with van der Waals surface area (Å²) in [7, 11) is 0. The molecule has 0 amide bonds. The van der Waals surface area contributed by atoms with Gasteiger partial charge in [-0.25, -0.2) is 9.78 Å². The zero-order valence-corrected chi connectivity index (χ0v) is 12.4. The molecule has 1 N–H and O–H groups in total. The van der Waals surface area contributed by atoms with Crippen molar-refractivity contribution in [2.75, 3.05) is 19.0 Å². The average molecular weight is 303 g/mol. The van der Waals surface area contributed by atoms with Crippen molar-refractivity contribution in [3.05, 3.63) is 10.6 Å². The minimum absolute atomic E-state index is 0.0676. The van der Waals surface area contributed by atoms with Gasteiger partial charge in [-0.3, -0.25) is 0 Å². The van der Waals surface area contributed by atoms with E-state index in [0.717, 1.165) is 36.0 Å². The predicted octanol–water partition coefficient (Wildman–Crippen LogP) is 2.79. The second-order valence-corrected chi connectivity index (χ2v) is 6.56. The summed E-state index contributed by atoms with van der Waals surface area (Å²) >= 11 is 2.74. The molecule has 0 spiro atoms. The lowest BCUT2D eigenvalue weighted by Crippen LogP contribution is -2.23. The summed E-state index contributed by atoms with van der Waals surface area (Å²) in [6, 6.07) is 0. The highest BCUT2D eigenvalue weighted by molar-refractivity contribution is 8.01. The Kier molecular flexibility index (Phi) is 5.62. The molecule has 1 aromatic heterocycles. The zero-order chi connectivity index (χ0) is 13.7. The van der Waals surface area contributed by atoms with Crippen LogP contribution in [0.3, 0.4) is 0 Å². The van der Waals surface area contributed by atoms with Crippen LogP contribution in [0.2, 0.25) is 0 Å². The largest absolute Gasteiger partial charge is 0.477 e. The maximum Gasteiger partial charge on any atom is 0.347 e. The standard InChI is InChI=1S/C12H17NO4S2/c1-8-10(11(14)15)19-12(13-8)18-7-6-17-9-4-2-3-5-16-9/h9H,2-7H2,1H3,(H,14,15). The average Bonchev–Trinajstić information content (AvgIpc) is 2.77. The number of carbonyl (C=O) groups is 1. The molecule has 0 radical (unpaired) electrons. The third-order valence-electron chi connectivity index (χ3n) is 2.72. The highest BCUT2D eigenvalue weighted by Gasteiger charge is 2.15. The van der Waals surface area contributed by atoms with Gasteiger partial charge in [-0.05, 0) is 26.2 Å². The fraction of sp³-hybridized carbons (Fsp3) is 0.667. The maximum atomic E-state index is 10.9. The number of carboxylic acid groups (broad SMARTS) is 1. The Morgan fingerprint density at radius 2 is 2.47 bits per heavy atom. The van der Waals surface area contributed by atoms with E-state index in [4.69, 9.17) is 14.6 Å². The second-order valence-electron chi connectivity index (χ2n) is 4.21. The number of hydrogen-bond donors (Lipinski definition) is 1. The fourth-order valence-corrected chi connectivity index (χ4v) is 3.71. The first kappa shape index (κ1) is 14.8. The number of ether oxygens (including phenoxy) is 2. The van der Waals surface area contributed by atoms with Crippen molar-refractivity contribution in [3.63, 3.8) is 0 Å². The molecular weight excluding hydrogens is 286 g/mol. The van der Waals surface area contributed by atoms with Crippen LogP contribution in [0.1, 0.15) is 34.6 Å². The van der Waals surface area contributed by atoms with E-state index in [-0.39, 0.29) is 6.29 Å². The van der Waals surface area contributed by atoms with Gasteiger partial charge < -0.3 is 14.6 Å². The Bertz CT molecular complexity index is 429. The van der Waals surface area contributed by atoms with Crippen LogP contribution in [-0.2, 0) is 9.47 Å². The molecule has 2 heterocycles. The van der Waals surface area contributed by atoms with Gasteiger partial charge >= 0.3 is 5.97 Å². The Labute approximate surface area is 120 Å². The van der Waals surface area contributed by atoms with E-state index in [0.29, 0.717) is 17.2 Å². The molecule has 0 bridgehead atoms. The van der Waals surface area contributed by atoms with Gasteiger partial charge in [0.1, 0.15) is 4.88 Å². The van der Waals surface area contributed by atoms with Crippen LogP contribution < -0.4 is 0 Å². The molecule has 1 aromatic rings. The Morgan fingerprint density at radius 3 is 3.11 bits per heavy atom. The van der Waals surface area contributed by atoms with E-state index in [9.17, 15) is 4.79 Å². The summed E-state index contributed by atoms with van der Waals surface area (Å²) in [6.07, 6.45) is 3.17. The van der Waals surface area contributed by atoms with Gasteiger partial charge in [0.15, 0.2) is 10.6 Å². The monoisotopic (exact) mass is 303 g/mol. The van der Waals surface area contributed by atoms with Crippen molar-refractivity contribution < 1.29 is 19.4 Å². The van der Waals surface area contributed by atoms with Crippen LogP contribution in [0.4, 0.5) is 0 Å². The van der Waals surface area contributed by atoms with Crippen molar-refractivity contribution in [1.82, 2.24) is 4.98 Å². The van der Waals surface area contributed by atoms with Crippen molar-refractivity contribution in [2.45, 2.75) is 36.8 Å². The summed E-state index contributed by atoms with van der Waals surface area (Å²) in [4.78, 5) is 15.4. The molecule has 1 unspecified atom stereocenters. The van der Waals surface area contributed by atoms with Crippen molar-refractivity contribution in [2.24, 2.45) is 0 Å². The van der Waals surface area contributed by atoms with Crippen molar-refractivity contribution in [3.8, 4) is 0 Å². The second kappa shape index (κ2) is 7.23. The van der Waals surface area contributed by atoms with E-state index in [1.165, 1.54) is 23.1 Å². The van der Waals surface area contributed by atoms with Gasteiger partial charge in [0, 0.05) is 12.4 Å². The quantitative estimate of drug-likeness (QED) is 0.644. The van der Waals surface area contributed by atoms with Crippen LogP contribution in [0, 0.1) is 6.92 Å². The molecule has 7 heteroatoms. The number of hydrogen-bond acceptors (Lipinski definition) is 6. The van der Waals surface area contributed by atoms with E-state index in [1.54, 1.807) is 6.92 Å². The number of aryl methyl sites for hydroxylation is 1. The SMILES string of the molecule is Cc1nc(SCCOC2CCCCO2)sc1C(=O)O. The van der Waals surface area contributed by atoms with Crippen LogP contribution in [0.5, 0.6) is 0 Å². The van der Waals surface area contributed by atoms with E-state index >= 15 is 0 Å². The molecule has 0 aliphatic carbocycles. The summed E-state index contributed by atoms with van der Waals surface area (Å²) in [5.41, 5.74) is 0.580. The predicted molar refractivity (Wildman–Crippen MR) is 74.1 cm³/mol. The number of aromatic carboxylic acids is 1. The van der Waals surface area contributed by atoms with E-state index < -0.39 is 5.97 Å². The smallest absolute Gasteiger partial charge is 0.347 e. The van der Waals surface area contributed by atoms with Crippen LogP contribution in [-0.4, -0.2) is 41.3 Å². The number of nitrogens with zero attached hydrogens (tertiary/aromatic N) is 1. The fourth-order valence-electron chi connectivity index (χ4n) is 1.78. The topological polar surface area (TPSA) is 68.7 Å². The minimum Gasteiger partial charge on any atom is -0.477 e. The highest BCUT2D eigenvalue weighted by atomic mass is 32.2. The summed E-state index contributed by atoms with van der Waals surface area (Å²) < 4.78 is 11.8. The molecule has 1 atom stereocenters. The third kappa shape index (κ3) is 4.45. The normalized spacial score (nSPS) is 19.5. The lowest BCUT2D eigenvalue weighted by Gasteiger charge is -2.22. The summed E-state index contributed by atoms with van der Waals surface area (Å²) in [5.74, 6) is -0.153. The molecule has 0 aromatic carbocycles. The molecule has 1 aliphatic heterocycles. The van der Waals surface area contributed by atoms with Gasteiger partial charge in [-0.15, -0.1) is 11.3 Å². The van der Waals surface area contributed by atoms with Gasteiger partial charge in [0.2, 0.25) is 0 Å². The van der Waals surface area contributed by atoms with Gasteiger partial charge in [-0.1, -0.05) is 11.8 Å². The molecular formula is C12H17NO4S2. The summed E-state index contributed by atoms with van der Waals surface area (Å²) in [6.45, 7) is 3.10. The Balaban J connectivity index is 1.70. The first-order valence-corrected chi connectivity index (χ1v) is 8.04. The van der Waals surface area contributed by atoms with Crippen molar-refractivity contribution >= 4 is 29.1 Å². The molecule has 2 rings (SSSR count). The van der Waals surface area contributed by atoms with E-state index in [2.05, 4.69) is 4.98 Å². The number of thioether (sulfide) groups is 1. The van der Waals surface area contributed by atoms with E-state index in [1.807, 2.05) is 0 Å². The summed E-state index contributed by atoms with van der Waals surface area (Å²) in [5, 5.41) is 8.94. The lowest BCUT2D eigenvalue weighted by molar-refractivity contribution is -0.158. The maximum absolute atomic E-state index is 10.9. The first-order chi connectivity index (χ1) is 9.16. The lowest BCUT2D eigenvalue weighted by atomic mass is 10.2. The number of thiazole rings is 1. The van der Waals surface area contributed by atoms with Crippen LogP contribution >= 0.6 is 23.1 Å². The van der Waals surface area contributed by atoms with Crippen molar-refractivity contribution in [1.29, 1.82) is 0 Å². The zero-order valence-electron chi connectivity index (χ0n) is 10.8. The van der Waals surface area contributed by atoms with Gasteiger partial charge in [-0.2, -0.15) is 0 Å². The Morgan fingerprint density at radius 1 is 1.63 bits per heavy atom. The Hall–Kier alpha value is -0.630.